The van der Waals surface area contributed by atoms with Crippen molar-refractivity contribution >= 4 is 15.9 Å². The molecule has 1 aliphatic rings. The van der Waals surface area contributed by atoms with Crippen molar-refractivity contribution in [2.45, 2.75) is 13.0 Å². The lowest BCUT2D eigenvalue weighted by Gasteiger charge is -2.26. The zero-order valence-corrected chi connectivity index (χ0v) is 14.9. The Labute approximate surface area is 141 Å². The van der Waals surface area contributed by atoms with Crippen molar-refractivity contribution in [3.8, 4) is 11.5 Å². The number of methoxy groups -OCH3 is 2. The van der Waals surface area contributed by atoms with Crippen LogP contribution in [0.15, 0.2) is 16.6 Å². The summed E-state index contributed by atoms with van der Waals surface area (Å²) in [6.45, 7) is 6.78. The van der Waals surface area contributed by atoms with Crippen LogP contribution in [0.3, 0.4) is 0 Å². The molecule has 0 radical (unpaired) electrons. The van der Waals surface area contributed by atoms with Crippen molar-refractivity contribution in [1.82, 2.24) is 10.2 Å². The summed E-state index contributed by atoms with van der Waals surface area (Å²) in [4.78, 5) is 2.46. The predicted octanol–water partition coefficient (Wildman–Crippen LogP) is 2.28. The minimum absolute atomic E-state index is 0.741. The van der Waals surface area contributed by atoms with E-state index >= 15 is 0 Å². The van der Waals surface area contributed by atoms with Gasteiger partial charge in [0.25, 0.3) is 0 Å². The number of morpholine rings is 1. The second-order valence-corrected chi connectivity index (χ2v) is 6.14. The van der Waals surface area contributed by atoms with E-state index in [1.54, 1.807) is 14.2 Å². The average Bonchev–Trinajstić information content (AvgIpc) is 2.56. The number of ether oxygens (including phenoxy) is 3. The first-order valence-electron chi connectivity index (χ1n) is 7.66. The maximum absolute atomic E-state index is 5.35. The molecule has 22 heavy (non-hydrogen) atoms. The summed E-state index contributed by atoms with van der Waals surface area (Å²) in [6.07, 6.45) is 1.14. The fourth-order valence-electron chi connectivity index (χ4n) is 2.51. The summed E-state index contributed by atoms with van der Waals surface area (Å²) in [5.74, 6) is 1.50. The molecule has 1 heterocycles. The van der Waals surface area contributed by atoms with Crippen LogP contribution in [0.2, 0.25) is 0 Å². The number of hydrogen-bond donors (Lipinski definition) is 1. The number of nitrogens with zero attached hydrogens (tertiary/aromatic N) is 1. The Hall–Kier alpha value is -0.820. The van der Waals surface area contributed by atoms with E-state index in [0.717, 1.165) is 68.3 Å². The third-order valence-corrected chi connectivity index (χ3v) is 4.54. The van der Waals surface area contributed by atoms with Crippen LogP contribution in [-0.2, 0) is 11.3 Å². The minimum atomic E-state index is 0.741. The molecule has 0 amide bonds. The highest BCUT2D eigenvalue weighted by Crippen LogP contribution is 2.33. The van der Waals surface area contributed by atoms with E-state index in [4.69, 9.17) is 14.2 Å². The van der Waals surface area contributed by atoms with Crippen LogP contribution in [0.25, 0.3) is 0 Å². The van der Waals surface area contributed by atoms with E-state index in [2.05, 4.69) is 26.1 Å². The van der Waals surface area contributed by atoms with E-state index < -0.39 is 0 Å². The molecule has 5 nitrogen and oxygen atoms in total. The van der Waals surface area contributed by atoms with Crippen molar-refractivity contribution < 1.29 is 14.2 Å². The standard InChI is InChI=1S/C16H25BrN2O3/c1-20-15-10-13(14(17)11-16(15)21-2)12-18-4-3-5-19-6-8-22-9-7-19/h10-11,18H,3-9,12H2,1-2H3. The molecule has 1 fully saturated rings. The molecule has 0 bridgehead atoms. The van der Waals surface area contributed by atoms with E-state index in [-0.39, 0.29) is 0 Å². The highest BCUT2D eigenvalue weighted by Gasteiger charge is 2.10. The molecular formula is C16H25BrN2O3. The fraction of sp³-hybridized carbons (Fsp3) is 0.625. The van der Waals surface area contributed by atoms with Crippen LogP contribution in [-0.4, -0.2) is 58.5 Å². The van der Waals surface area contributed by atoms with Gasteiger partial charge in [0.05, 0.1) is 27.4 Å². The van der Waals surface area contributed by atoms with Crippen LogP contribution in [0.1, 0.15) is 12.0 Å². The van der Waals surface area contributed by atoms with E-state index in [1.165, 1.54) is 5.56 Å². The van der Waals surface area contributed by atoms with Gasteiger partial charge in [-0.3, -0.25) is 4.90 Å². The van der Waals surface area contributed by atoms with Gasteiger partial charge in [0.1, 0.15) is 0 Å². The van der Waals surface area contributed by atoms with Crippen LogP contribution in [0.4, 0.5) is 0 Å². The van der Waals surface area contributed by atoms with Crippen LogP contribution >= 0.6 is 15.9 Å². The Bertz CT molecular complexity index is 465. The Morgan fingerprint density at radius 3 is 2.55 bits per heavy atom. The predicted molar refractivity (Wildman–Crippen MR) is 90.8 cm³/mol. The number of benzene rings is 1. The van der Waals surface area contributed by atoms with Gasteiger partial charge in [0.2, 0.25) is 0 Å². The zero-order chi connectivity index (χ0) is 15.8. The Balaban J connectivity index is 1.74. The molecule has 124 valence electrons. The Morgan fingerprint density at radius 1 is 1.18 bits per heavy atom. The molecule has 0 spiro atoms. The summed E-state index contributed by atoms with van der Waals surface area (Å²) in [6, 6.07) is 3.96. The van der Waals surface area contributed by atoms with Gasteiger partial charge in [-0.05, 0) is 37.2 Å². The summed E-state index contributed by atoms with van der Waals surface area (Å²) in [5.41, 5.74) is 1.17. The van der Waals surface area contributed by atoms with E-state index in [1.807, 2.05) is 12.1 Å². The molecule has 0 aliphatic carbocycles. The Morgan fingerprint density at radius 2 is 1.86 bits per heavy atom. The molecule has 0 saturated carbocycles. The number of halogens is 1. The largest absolute Gasteiger partial charge is 0.493 e. The van der Waals surface area contributed by atoms with Gasteiger partial charge < -0.3 is 19.5 Å². The second-order valence-electron chi connectivity index (χ2n) is 5.28. The van der Waals surface area contributed by atoms with Gasteiger partial charge in [0, 0.05) is 24.1 Å². The monoisotopic (exact) mass is 372 g/mol. The molecular weight excluding hydrogens is 348 g/mol. The van der Waals surface area contributed by atoms with Crippen molar-refractivity contribution in [3.05, 3.63) is 22.2 Å². The first kappa shape index (κ1) is 17.5. The quantitative estimate of drug-likeness (QED) is 0.709. The average molecular weight is 373 g/mol. The highest BCUT2D eigenvalue weighted by molar-refractivity contribution is 9.10. The molecule has 2 rings (SSSR count). The van der Waals surface area contributed by atoms with Crippen molar-refractivity contribution in [3.63, 3.8) is 0 Å². The summed E-state index contributed by atoms with van der Waals surface area (Å²) in [7, 11) is 3.30. The molecule has 0 unspecified atom stereocenters. The molecule has 1 aromatic carbocycles. The summed E-state index contributed by atoms with van der Waals surface area (Å²) < 4.78 is 17.0. The first-order valence-corrected chi connectivity index (χ1v) is 8.45. The normalized spacial score (nSPS) is 15.8. The molecule has 1 saturated heterocycles. The van der Waals surface area contributed by atoms with Gasteiger partial charge >= 0.3 is 0 Å². The fourth-order valence-corrected chi connectivity index (χ4v) is 2.97. The second kappa shape index (κ2) is 9.35. The highest BCUT2D eigenvalue weighted by atomic mass is 79.9. The van der Waals surface area contributed by atoms with Crippen molar-refractivity contribution in [2.75, 3.05) is 53.6 Å². The van der Waals surface area contributed by atoms with Gasteiger partial charge in [-0.1, -0.05) is 15.9 Å². The van der Waals surface area contributed by atoms with Gasteiger partial charge in [-0.2, -0.15) is 0 Å². The van der Waals surface area contributed by atoms with Gasteiger partial charge in [-0.15, -0.1) is 0 Å². The van der Waals surface area contributed by atoms with Crippen molar-refractivity contribution in [1.29, 1.82) is 0 Å². The zero-order valence-electron chi connectivity index (χ0n) is 13.4. The van der Waals surface area contributed by atoms with Crippen LogP contribution < -0.4 is 14.8 Å². The van der Waals surface area contributed by atoms with Gasteiger partial charge in [0.15, 0.2) is 11.5 Å². The smallest absolute Gasteiger partial charge is 0.161 e. The molecule has 1 aromatic rings. The lowest BCUT2D eigenvalue weighted by atomic mass is 10.2. The minimum Gasteiger partial charge on any atom is -0.493 e. The lowest BCUT2D eigenvalue weighted by molar-refractivity contribution is 0.0374. The maximum Gasteiger partial charge on any atom is 0.161 e. The topological polar surface area (TPSA) is 43.0 Å². The van der Waals surface area contributed by atoms with Crippen LogP contribution in [0.5, 0.6) is 11.5 Å². The maximum atomic E-state index is 5.35. The SMILES string of the molecule is COc1cc(Br)c(CNCCCN2CCOCC2)cc1OC. The summed E-state index contributed by atoms with van der Waals surface area (Å²) in [5, 5.41) is 3.49. The number of nitrogens with one attached hydrogen (secondary N) is 1. The molecule has 0 aromatic heterocycles. The third kappa shape index (κ3) is 5.12. The first-order chi connectivity index (χ1) is 10.7. The molecule has 1 aliphatic heterocycles. The number of hydrogen-bond acceptors (Lipinski definition) is 5. The molecule has 6 heteroatoms. The lowest BCUT2D eigenvalue weighted by Crippen LogP contribution is -2.37. The Kier molecular flexibility index (Phi) is 7.45. The molecule has 0 atom stereocenters. The van der Waals surface area contributed by atoms with E-state index in [9.17, 15) is 0 Å². The van der Waals surface area contributed by atoms with Gasteiger partial charge in [-0.25, -0.2) is 0 Å². The third-order valence-electron chi connectivity index (χ3n) is 3.80. The van der Waals surface area contributed by atoms with Crippen LogP contribution in [0, 0.1) is 0 Å². The van der Waals surface area contributed by atoms with E-state index in [0.29, 0.717) is 0 Å². The number of rotatable bonds is 8. The molecule has 1 N–H and O–H groups in total. The summed E-state index contributed by atoms with van der Waals surface area (Å²) >= 11 is 3.59. The van der Waals surface area contributed by atoms with Crippen molar-refractivity contribution in [2.24, 2.45) is 0 Å².